The van der Waals surface area contributed by atoms with Crippen molar-refractivity contribution in [3.8, 4) is 0 Å². The summed E-state index contributed by atoms with van der Waals surface area (Å²) in [5.41, 5.74) is -0.389. The SMILES string of the molecule is Cc1ccc(Cl)cc1S(=O)(=O)NCC1(C(=O)O)CCC1. The molecule has 0 atom stereocenters. The number of carboxylic acids is 1. The van der Waals surface area contributed by atoms with Gasteiger partial charge in [0.2, 0.25) is 10.0 Å². The molecule has 0 amide bonds. The average Bonchev–Trinajstić information content (AvgIpc) is 2.30. The predicted octanol–water partition coefficient (Wildman–Crippen LogP) is 2.18. The van der Waals surface area contributed by atoms with Crippen LogP contribution in [0.5, 0.6) is 0 Å². The summed E-state index contributed by atoms with van der Waals surface area (Å²) in [4.78, 5) is 11.3. The molecule has 5 nitrogen and oxygen atoms in total. The van der Waals surface area contributed by atoms with Crippen LogP contribution < -0.4 is 4.72 Å². The van der Waals surface area contributed by atoms with Gasteiger partial charge in [0.1, 0.15) is 0 Å². The first-order valence-corrected chi connectivity index (χ1v) is 8.12. The summed E-state index contributed by atoms with van der Waals surface area (Å²) in [6.45, 7) is 1.58. The molecular formula is C13H16ClNO4S. The zero-order valence-electron chi connectivity index (χ0n) is 11.0. The molecule has 0 aromatic heterocycles. The van der Waals surface area contributed by atoms with Crippen LogP contribution in [0.2, 0.25) is 5.02 Å². The lowest BCUT2D eigenvalue weighted by Crippen LogP contribution is -2.47. The van der Waals surface area contributed by atoms with E-state index in [-0.39, 0.29) is 11.4 Å². The standard InChI is InChI=1S/C13H16ClNO4S/c1-9-3-4-10(14)7-11(9)20(18,19)15-8-13(12(16)17)5-2-6-13/h3-4,7,15H,2,5-6,8H2,1H3,(H,16,17). The third-order valence-electron chi connectivity index (χ3n) is 3.80. The van der Waals surface area contributed by atoms with Gasteiger partial charge < -0.3 is 5.11 Å². The molecule has 2 N–H and O–H groups in total. The highest BCUT2D eigenvalue weighted by atomic mass is 35.5. The van der Waals surface area contributed by atoms with E-state index in [1.165, 1.54) is 6.07 Å². The van der Waals surface area contributed by atoms with Gasteiger partial charge in [-0.2, -0.15) is 0 Å². The number of hydrogen-bond acceptors (Lipinski definition) is 3. The van der Waals surface area contributed by atoms with Crippen LogP contribution in [0.3, 0.4) is 0 Å². The first-order chi connectivity index (χ1) is 9.27. The Bertz CT molecular complexity index is 638. The maximum Gasteiger partial charge on any atom is 0.310 e. The molecule has 1 aliphatic rings. The van der Waals surface area contributed by atoms with Crippen molar-refractivity contribution >= 4 is 27.6 Å². The lowest BCUT2D eigenvalue weighted by Gasteiger charge is -2.37. The van der Waals surface area contributed by atoms with Crippen molar-refractivity contribution in [2.24, 2.45) is 5.41 Å². The second-order valence-corrected chi connectivity index (χ2v) is 7.35. The molecule has 1 aromatic rings. The molecule has 0 aliphatic heterocycles. The Morgan fingerprint density at radius 2 is 2.10 bits per heavy atom. The maximum absolute atomic E-state index is 12.3. The number of benzene rings is 1. The van der Waals surface area contributed by atoms with Gasteiger partial charge in [-0.05, 0) is 37.5 Å². The van der Waals surface area contributed by atoms with Crippen LogP contribution >= 0.6 is 11.6 Å². The summed E-state index contributed by atoms with van der Waals surface area (Å²) < 4.78 is 26.9. The van der Waals surface area contributed by atoms with Crippen molar-refractivity contribution in [3.05, 3.63) is 28.8 Å². The number of hydrogen-bond donors (Lipinski definition) is 2. The summed E-state index contributed by atoms with van der Waals surface area (Å²) in [7, 11) is -3.75. The zero-order valence-corrected chi connectivity index (χ0v) is 12.6. The van der Waals surface area contributed by atoms with E-state index in [1.54, 1.807) is 19.1 Å². The molecule has 1 saturated carbocycles. The third-order valence-corrected chi connectivity index (χ3v) is 5.58. The molecule has 110 valence electrons. The number of carboxylic acid groups (broad SMARTS) is 1. The minimum atomic E-state index is -3.75. The van der Waals surface area contributed by atoms with Gasteiger partial charge in [-0.3, -0.25) is 4.79 Å². The normalized spacial score (nSPS) is 17.5. The molecule has 0 radical (unpaired) electrons. The first kappa shape index (κ1) is 15.3. The number of halogens is 1. The van der Waals surface area contributed by atoms with E-state index in [2.05, 4.69) is 4.72 Å². The van der Waals surface area contributed by atoms with E-state index in [1.807, 2.05) is 0 Å². The van der Waals surface area contributed by atoms with Crippen LogP contribution in [0, 0.1) is 12.3 Å². The Kier molecular flexibility index (Phi) is 4.09. The van der Waals surface area contributed by atoms with Crippen molar-refractivity contribution < 1.29 is 18.3 Å². The summed E-state index contributed by atoms with van der Waals surface area (Å²) in [5.74, 6) is -0.950. The molecular weight excluding hydrogens is 302 g/mol. The van der Waals surface area contributed by atoms with Gasteiger partial charge in [-0.1, -0.05) is 24.1 Å². The van der Waals surface area contributed by atoms with Crippen molar-refractivity contribution in [2.75, 3.05) is 6.54 Å². The molecule has 0 unspecified atom stereocenters. The molecule has 1 fully saturated rings. The summed E-state index contributed by atoms with van der Waals surface area (Å²) >= 11 is 5.82. The second-order valence-electron chi connectivity index (χ2n) is 5.17. The fourth-order valence-corrected chi connectivity index (χ4v) is 3.88. The number of rotatable bonds is 5. The topological polar surface area (TPSA) is 83.5 Å². The summed E-state index contributed by atoms with van der Waals surface area (Å²) in [6.07, 6.45) is 1.81. The minimum absolute atomic E-state index is 0.0867. The Labute approximate surface area is 123 Å². The maximum atomic E-state index is 12.3. The van der Waals surface area contributed by atoms with Gasteiger partial charge in [0.05, 0.1) is 10.3 Å². The molecule has 0 saturated heterocycles. The molecule has 1 aromatic carbocycles. The zero-order chi connectivity index (χ0) is 15.0. The second kappa shape index (κ2) is 5.35. The highest BCUT2D eigenvalue weighted by molar-refractivity contribution is 7.89. The predicted molar refractivity (Wildman–Crippen MR) is 75.3 cm³/mol. The monoisotopic (exact) mass is 317 g/mol. The molecule has 7 heteroatoms. The fraction of sp³-hybridized carbons (Fsp3) is 0.462. The summed E-state index contributed by atoms with van der Waals surface area (Å²) in [5, 5.41) is 9.52. The van der Waals surface area contributed by atoms with Crippen LogP contribution in [0.1, 0.15) is 24.8 Å². The van der Waals surface area contributed by atoms with Crippen molar-refractivity contribution in [2.45, 2.75) is 31.1 Å². The number of sulfonamides is 1. The molecule has 0 spiro atoms. The van der Waals surface area contributed by atoms with Gasteiger partial charge in [-0.15, -0.1) is 0 Å². The largest absolute Gasteiger partial charge is 0.481 e. The van der Waals surface area contributed by atoms with Crippen molar-refractivity contribution in [3.63, 3.8) is 0 Å². The van der Waals surface area contributed by atoms with E-state index >= 15 is 0 Å². The highest BCUT2D eigenvalue weighted by Gasteiger charge is 2.45. The number of aryl methyl sites for hydroxylation is 1. The number of nitrogens with one attached hydrogen (secondary N) is 1. The van der Waals surface area contributed by atoms with E-state index < -0.39 is 21.4 Å². The Morgan fingerprint density at radius 3 is 2.60 bits per heavy atom. The van der Waals surface area contributed by atoms with Gasteiger partial charge >= 0.3 is 5.97 Å². The Hall–Kier alpha value is -1.11. The first-order valence-electron chi connectivity index (χ1n) is 6.26. The van der Waals surface area contributed by atoms with E-state index in [4.69, 9.17) is 11.6 Å². The molecule has 0 heterocycles. The quantitative estimate of drug-likeness (QED) is 0.872. The van der Waals surface area contributed by atoms with Crippen molar-refractivity contribution in [1.29, 1.82) is 0 Å². The molecule has 0 bridgehead atoms. The van der Waals surface area contributed by atoms with Gasteiger partial charge in [-0.25, -0.2) is 13.1 Å². The van der Waals surface area contributed by atoms with Crippen molar-refractivity contribution in [1.82, 2.24) is 4.72 Å². The molecule has 1 aliphatic carbocycles. The van der Waals surface area contributed by atoms with Crippen LogP contribution in [-0.4, -0.2) is 26.0 Å². The van der Waals surface area contributed by atoms with E-state index in [0.717, 1.165) is 6.42 Å². The third kappa shape index (κ3) is 2.82. The Morgan fingerprint density at radius 1 is 1.45 bits per heavy atom. The lowest BCUT2D eigenvalue weighted by atomic mass is 9.69. The van der Waals surface area contributed by atoms with E-state index in [9.17, 15) is 18.3 Å². The highest BCUT2D eigenvalue weighted by Crippen LogP contribution is 2.40. The smallest absolute Gasteiger partial charge is 0.310 e. The van der Waals surface area contributed by atoms with Gasteiger partial charge in [0.15, 0.2) is 0 Å². The van der Waals surface area contributed by atoms with Gasteiger partial charge in [0, 0.05) is 11.6 Å². The van der Waals surface area contributed by atoms with Crippen LogP contribution in [-0.2, 0) is 14.8 Å². The average molecular weight is 318 g/mol. The lowest BCUT2D eigenvalue weighted by molar-refractivity contribution is -0.153. The van der Waals surface area contributed by atoms with Crippen LogP contribution in [0.15, 0.2) is 23.1 Å². The van der Waals surface area contributed by atoms with Crippen LogP contribution in [0.4, 0.5) is 0 Å². The van der Waals surface area contributed by atoms with Gasteiger partial charge in [0.25, 0.3) is 0 Å². The van der Waals surface area contributed by atoms with Crippen LogP contribution in [0.25, 0.3) is 0 Å². The van der Waals surface area contributed by atoms with E-state index in [0.29, 0.717) is 23.4 Å². The number of carbonyl (C=O) groups is 1. The fourth-order valence-electron chi connectivity index (χ4n) is 2.24. The molecule has 20 heavy (non-hydrogen) atoms. The minimum Gasteiger partial charge on any atom is -0.481 e. The Balaban J connectivity index is 2.20. The summed E-state index contributed by atoms with van der Waals surface area (Å²) in [6, 6.07) is 4.60. The molecule has 2 rings (SSSR count). The number of aliphatic carboxylic acids is 1.